The number of nitrogens with zero attached hydrogens (tertiary/aromatic N) is 2. The molecule has 2 rings (SSSR count). The van der Waals surface area contributed by atoms with Crippen molar-refractivity contribution in [2.75, 3.05) is 19.6 Å². The standard InChI is InChI=1S/C13H18ClN3O/c1-2-17-7-3-4-11(17)9-16-13(18)10-5-6-15-12(14)8-10/h5-6,8,11H,2-4,7,9H2,1H3,(H,16,18). The van der Waals surface area contributed by atoms with E-state index in [0.29, 0.717) is 23.3 Å². The fourth-order valence-electron chi connectivity index (χ4n) is 2.40. The summed E-state index contributed by atoms with van der Waals surface area (Å²) in [5.74, 6) is -0.0812. The third-order valence-corrected chi connectivity index (χ3v) is 3.60. The molecule has 5 heteroatoms. The monoisotopic (exact) mass is 267 g/mol. The van der Waals surface area contributed by atoms with Gasteiger partial charge in [0.05, 0.1) is 0 Å². The maximum Gasteiger partial charge on any atom is 0.251 e. The van der Waals surface area contributed by atoms with Crippen molar-refractivity contribution < 1.29 is 4.79 Å². The number of hydrogen-bond donors (Lipinski definition) is 1. The van der Waals surface area contributed by atoms with E-state index >= 15 is 0 Å². The van der Waals surface area contributed by atoms with Crippen molar-refractivity contribution in [1.29, 1.82) is 0 Å². The molecule has 1 unspecified atom stereocenters. The molecule has 1 aliphatic rings. The molecule has 4 nitrogen and oxygen atoms in total. The summed E-state index contributed by atoms with van der Waals surface area (Å²) in [5.41, 5.74) is 0.566. The summed E-state index contributed by atoms with van der Waals surface area (Å²) in [4.78, 5) is 18.2. The van der Waals surface area contributed by atoms with Crippen LogP contribution >= 0.6 is 11.6 Å². The second-order valence-corrected chi connectivity index (χ2v) is 4.89. The maximum absolute atomic E-state index is 11.9. The lowest BCUT2D eigenvalue weighted by Gasteiger charge is -2.22. The smallest absolute Gasteiger partial charge is 0.251 e. The van der Waals surface area contributed by atoms with Crippen molar-refractivity contribution in [3.8, 4) is 0 Å². The first-order valence-electron chi connectivity index (χ1n) is 6.34. The molecule has 1 fully saturated rings. The summed E-state index contributed by atoms with van der Waals surface area (Å²) in [7, 11) is 0. The highest BCUT2D eigenvalue weighted by molar-refractivity contribution is 6.29. The lowest BCUT2D eigenvalue weighted by atomic mass is 10.2. The summed E-state index contributed by atoms with van der Waals surface area (Å²) >= 11 is 5.76. The zero-order chi connectivity index (χ0) is 13.0. The summed E-state index contributed by atoms with van der Waals surface area (Å²) in [5, 5.41) is 3.31. The van der Waals surface area contributed by atoms with Gasteiger partial charge in [-0.3, -0.25) is 9.69 Å². The zero-order valence-corrected chi connectivity index (χ0v) is 11.3. The molecule has 0 aromatic carbocycles. The Morgan fingerprint density at radius 1 is 1.67 bits per heavy atom. The van der Waals surface area contributed by atoms with Crippen LogP contribution in [0.4, 0.5) is 0 Å². The van der Waals surface area contributed by atoms with Gasteiger partial charge in [-0.25, -0.2) is 4.98 Å². The van der Waals surface area contributed by atoms with E-state index in [4.69, 9.17) is 11.6 Å². The van der Waals surface area contributed by atoms with Crippen LogP contribution in [0.5, 0.6) is 0 Å². The van der Waals surface area contributed by atoms with E-state index in [9.17, 15) is 4.79 Å². The number of aromatic nitrogens is 1. The highest BCUT2D eigenvalue weighted by Crippen LogP contribution is 2.15. The Kier molecular flexibility index (Phi) is 4.55. The molecule has 0 radical (unpaired) electrons. The Balaban J connectivity index is 1.88. The quantitative estimate of drug-likeness (QED) is 0.848. The lowest BCUT2D eigenvalue weighted by molar-refractivity contribution is 0.0941. The molecule has 1 N–H and O–H groups in total. The molecule has 0 spiro atoms. The number of nitrogens with one attached hydrogen (secondary N) is 1. The molecule has 2 heterocycles. The molecular weight excluding hydrogens is 250 g/mol. The molecular formula is C13H18ClN3O. The number of likely N-dealkylation sites (N-methyl/N-ethyl adjacent to an activating group) is 1. The summed E-state index contributed by atoms with van der Waals surface area (Å²) in [6, 6.07) is 3.73. The van der Waals surface area contributed by atoms with Crippen molar-refractivity contribution in [2.24, 2.45) is 0 Å². The number of rotatable bonds is 4. The molecule has 0 aliphatic carbocycles. The van der Waals surface area contributed by atoms with Crippen molar-refractivity contribution in [3.05, 3.63) is 29.0 Å². The minimum Gasteiger partial charge on any atom is -0.350 e. The first kappa shape index (κ1) is 13.3. The van der Waals surface area contributed by atoms with E-state index in [1.165, 1.54) is 6.42 Å². The number of carbonyl (C=O) groups excluding carboxylic acids is 1. The topological polar surface area (TPSA) is 45.2 Å². The first-order chi connectivity index (χ1) is 8.70. The van der Waals surface area contributed by atoms with Gasteiger partial charge < -0.3 is 5.32 Å². The first-order valence-corrected chi connectivity index (χ1v) is 6.72. The maximum atomic E-state index is 11.9. The molecule has 1 aromatic heterocycles. The van der Waals surface area contributed by atoms with Crippen molar-refractivity contribution >= 4 is 17.5 Å². The molecule has 1 saturated heterocycles. The van der Waals surface area contributed by atoms with Crippen LogP contribution in [0, 0.1) is 0 Å². The average Bonchev–Trinajstić information content (AvgIpc) is 2.83. The van der Waals surface area contributed by atoms with Crippen molar-refractivity contribution in [3.63, 3.8) is 0 Å². The van der Waals surface area contributed by atoms with Gasteiger partial charge in [0, 0.05) is 24.3 Å². The van der Waals surface area contributed by atoms with Crippen LogP contribution in [0.3, 0.4) is 0 Å². The highest BCUT2D eigenvalue weighted by atomic mass is 35.5. The molecule has 0 saturated carbocycles. The van der Waals surface area contributed by atoms with Crippen molar-refractivity contribution in [2.45, 2.75) is 25.8 Å². The fourth-order valence-corrected chi connectivity index (χ4v) is 2.57. The predicted octanol–water partition coefficient (Wildman–Crippen LogP) is 1.95. The number of halogens is 1. The zero-order valence-electron chi connectivity index (χ0n) is 10.5. The second-order valence-electron chi connectivity index (χ2n) is 4.50. The van der Waals surface area contributed by atoms with Gasteiger partial charge in [0.1, 0.15) is 5.15 Å². The van der Waals surface area contributed by atoms with Crippen LogP contribution in [-0.4, -0.2) is 41.5 Å². The number of carbonyl (C=O) groups is 1. The minimum absolute atomic E-state index is 0.0812. The fraction of sp³-hybridized carbons (Fsp3) is 0.538. The summed E-state index contributed by atoms with van der Waals surface area (Å²) in [6.07, 6.45) is 3.92. The van der Waals surface area contributed by atoms with E-state index in [1.807, 2.05) is 0 Å². The average molecular weight is 268 g/mol. The molecule has 1 amide bonds. The lowest BCUT2D eigenvalue weighted by Crippen LogP contribution is -2.40. The molecule has 18 heavy (non-hydrogen) atoms. The van der Waals surface area contributed by atoms with Crippen LogP contribution in [0.1, 0.15) is 30.1 Å². The van der Waals surface area contributed by atoms with E-state index in [1.54, 1.807) is 18.3 Å². The van der Waals surface area contributed by atoms with Crippen LogP contribution in [0.15, 0.2) is 18.3 Å². The van der Waals surface area contributed by atoms with Gasteiger partial charge in [0.15, 0.2) is 0 Å². The Morgan fingerprint density at radius 3 is 3.22 bits per heavy atom. The van der Waals surface area contributed by atoms with Gasteiger partial charge in [-0.15, -0.1) is 0 Å². The SMILES string of the molecule is CCN1CCCC1CNC(=O)c1ccnc(Cl)c1. The summed E-state index contributed by atoms with van der Waals surface area (Å²) in [6.45, 7) is 5.04. The molecule has 1 atom stereocenters. The number of pyridine rings is 1. The second kappa shape index (κ2) is 6.16. The van der Waals surface area contributed by atoms with Crippen LogP contribution in [-0.2, 0) is 0 Å². The van der Waals surface area contributed by atoms with Gasteiger partial charge in [0.25, 0.3) is 5.91 Å². The highest BCUT2D eigenvalue weighted by Gasteiger charge is 2.23. The van der Waals surface area contributed by atoms with E-state index < -0.39 is 0 Å². The Hall–Kier alpha value is -1.13. The number of amides is 1. The Labute approximate surface area is 112 Å². The Morgan fingerprint density at radius 2 is 2.50 bits per heavy atom. The van der Waals surface area contributed by atoms with Crippen LogP contribution < -0.4 is 5.32 Å². The van der Waals surface area contributed by atoms with Crippen LogP contribution in [0.2, 0.25) is 5.15 Å². The minimum atomic E-state index is -0.0812. The van der Waals surface area contributed by atoms with E-state index in [-0.39, 0.29) is 5.91 Å². The van der Waals surface area contributed by atoms with Gasteiger partial charge in [-0.2, -0.15) is 0 Å². The molecule has 1 aromatic rings. The normalized spacial score (nSPS) is 20.0. The Bertz CT molecular complexity index is 424. The van der Waals surface area contributed by atoms with Gasteiger partial charge >= 0.3 is 0 Å². The summed E-state index contributed by atoms with van der Waals surface area (Å²) < 4.78 is 0. The van der Waals surface area contributed by atoms with E-state index in [0.717, 1.165) is 19.5 Å². The third kappa shape index (κ3) is 3.21. The largest absolute Gasteiger partial charge is 0.350 e. The third-order valence-electron chi connectivity index (χ3n) is 3.39. The number of likely N-dealkylation sites (tertiary alicyclic amines) is 1. The molecule has 98 valence electrons. The predicted molar refractivity (Wildman–Crippen MR) is 71.8 cm³/mol. The van der Waals surface area contributed by atoms with Gasteiger partial charge in [-0.05, 0) is 38.1 Å². The van der Waals surface area contributed by atoms with Crippen molar-refractivity contribution in [1.82, 2.24) is 15.2 Å². The van der Waals surface area contributed by atoms with Gasteiger partial charge in [0.2, 0.25) is 0 Å². The number of hydrogen-bond acceptors (Lipinski definition) is 3. The molecule has 0 bridgehead atoms. The van der Waals surface area contributed by atoms with Gasteiger partial charge in [-0.1, -0.05) is 18.5 Å². The van der Waals surface area contributed by atoms with E-state index in [2.05, 4.69) is 22.1 Å². The molecule has 1 aliphatic heterocycles. The van der Waals surface area contributed by atoms with Crippen LogP contribution in [0.25, 0.3) is 0 Å².